The van der Waals surface area contributed by atoms with Crippen LogP contribution in [0.25, 0.3) is 0 Å². The summed E-state index contributed by atoms with van der Waals surface area (Å²) in [5.41, 5.74) is 1.22. The molecular weight excluding hydrogens is 296 g/mol. The molecule has 0 aliphatic rings. The molecule has 0 radical (unpaired) electrons. The molecule has 0 bridgehead atoms. The van der Waals surface area contributed by atoms with E-state index in [0.717, 1.165) is 4.47 Å². The Morgan fingerprint density at radius 2 is 2.11 bits per heavy atom. The van der Waals surface area contributed by atoms with E-state index in [1.807, 2.05) is 0 Å². The van der Waals surface area contributed by atoms with Gasteiger partial charge in [0.05, 0.1) is 0 Å². The first-order chi connectivity index (χ1) is 8.56. The van der Waals surface area contributed by atoms with Crippen LogP contribution in [-0.2, 0) is 0 Å². The van der Waals surface area contributed by atoms with Crippen molar-refractivity contribution in [3.05, 3.63) is 52.1 Å². The van der Waals surface area contributed by atoms with Crippen LogP contribution in [-0.4, -0.2) is 16.0 Å². The van der Waals surface area contributed by atoms with E-state index in [2.05, 4.69) is 26.2 Å². The van der Waals surface area contributed by atoms with E-state index in [1.54, 1.807) is 37.4 Å². The maximum absolute atomic E-state index is 12.0. The third-order valence-corrected chi connectivity index (χ3v) is 2.91. The molecule has 0 saturated carbocycles. The van der Waals surface area contributed by atoms with Crippen LogP contribution in [0.2, 0.25) is 0 Å². The van der Waals surface area contributed by atoms with Crippen molar-refractivity contribution in [2.75, 3.05) is 5.32 Å². The van der Waals surface area contributed by atoms with E-state index in [9.17, 15) is 9.90 Å². The Hall–Kier alpha value is -1.88. The van der Waals surface area contributed by atoms with Gasteiger partial charge >= 0.3 is 0 Å². The van der Waals surface area contributed by atoms with E-state index in [4.69, 9.17) is 0 Å². The number of carbonyl (C=O) groups is 1. The minimum absolute atomic E-state index is 0.143. The summed E-state index contributed by atoms with van der Waals surface area (Å²) in [6.07, 6.45) is 1.60. The first-order valence-electron chi connectivity index (χ1n) is 5.29. The molecule has 18 heavy (non-hydrogen) atoms. The van der Waals surface area contributed by atoms with Crippen LogP contribution < -0.4 is 5.32 Å². The topological polar surface area (TPSA) is 62.2 Å². The van der Waals surface area contributed by atoms with Crippen molar-refractivity contribution in [2.45, 2.75) is 6.92 Å². The van der Waals surface area contributed by atoms with Gasteiger partial charge in [-0.05, 0) is 42.8 Å². The summed E-state index contributed by atoms with van der Waals surface area (Å²) < 4.78 is 0.843. The molecular formula is C13H11BrN2O2. The van der Waals surface area contributed by atoms with Gasteiger partial charge in [-0.15, -0.1) is 0 Å². The Kier molecular flexibility index (Phi) is 3.62. The molecule has 1 aromatic carbocycles. The number of pyridine rings is 1. The molecule has 0 aliphatic heterocycles. The molecule has 2 rings (SSSR count). The lowest BCUT2D eigenvalue weighted by atomic mass is 10.1. The average molecular weight is 307 g/mol. The number of anilines is 1. The number of amides is 1. The van der Waals surface area contributed by atoms with Crippen LogP contribution in [0.3, 0.4) is 0 Å². The van der Waals surface area contributed by atoms with Crippen molar-refractivity contribution < 1.29 is 9.90 Å². The zero-order valence-corrected chi connectivity index (χ0v) is 11.2. The molecule has 1 heterocycles. The minimum Gasteiger partial charge on any atom is -0.508 e. The average Bonchev–Trinajstić information content (AvgIpc) is 2.28. The third kappa shape index (κ3) is 2.87. The van der Waals surface area contributed by atoms with Crippen LogP contribution in [0.5, 0.6) is 5.75 Å². The Bertz CT molecular complexity index is 599. The van der Waals surface area contributed by atoms with Crippen LogP contribution in [0.4, 0.5) is 5.82 Å². The number of phenols is 1. The lowest BCUT2D eigenvalue weighted by Gasteiger charge is -2.07. The monoisotopic (exact) mass is 306 g/mol. The molecule has 0 fully saturated rings. The smallest absolute Gasteiger partial charge is 0.257 e. The van der Waals surface area contributed by atoms with Crippen molar-refractivity contribution in [3.63, 3.8) is 0 Å². The van der Waals surface area contributed by atoms with Crippen molar-refractivity contribution in [2.24, 2.45) is 0 Å². The maximum Gasteiger partial charge on any atom is 0.257 e. The van der Waals surface area contributed by atoms with E-state index >= 15 is 0 Å². The Morgan fingerprint density at radius 1 is 1.33 bits per heavy atom. The van der Waals surface area contributed by atoms with Gasteiger partial charge in [-0.25, -0.2) is 4.98 Å². The van der Waals surface area contributed by atoms with E-state index < -0.39 is 0 Å². The number of nitrogens with one attached hydrogen (secondary N) is 1. The van der Waals surface area contributed by atoms with E-state index in [-0.39, 0.29) is 11.7 Å². The first kappa shape index (κ1) is 12.6. The molecule has 2 aromatic rings. The van der Waals surface area contributed by atoms with Gasteiger partial charge in [-0.3, -0.25) is 4.79 Å². The van der Waals surface area contributed by atoms with E-state index in [1.165, 1.54) is 6.07 Å². The van der Waals surface area contributed by atoms with Gasteiger partial charge in [0.15, 0.2) is 0 Å². The number of benzene rings is 1. The van der Waals surface area contributed by atoms with Gasteiger partial charge in [-0.2, -0.15) is 0 Å². The third-order valence-electron chi connectivity index (χ3n) is 2.42. The number of halogens is 1. The van der Waals surface area contributed by atoms with Crippen molar-refractivity contribution >= 4 is 27.7 Å². The van der Waals surface area contributed by atoms with Crippen LogP contribution >= 0.6 is 15.9 Å². The molecule has 0 aliphatic carbocycles. The number of aromatic hydroxyl groups is 1. The highest BCUT2D eigenvalue weighted by molar-refractivity contribution is 9.10. The highest BCUT2D eigenvalue weighted by atomic mass is 79.9. The Morgan fingerprint density at radius 3 is 2.78 bits per heavy atom. The van der Waals surface area contributed by atoms with Gasteiger partial charge in [-0.1, -0.05) is 15.9 Å². The number of hydrogen-bond acceptors (Lipinski definition) is 3. The lowest BCUT2D eigenvalue weighted by Crippen LogP contribution is -2.14. The molecule has 0 spiro atoms. The van der Waals surface area contributed by atoms with E-state index in [0.29, 0.717) is 16.9 Å². The number of carbonyl (C=O) groups excluding carboxylic acids is 1. The fourth-order valence-corrected chi connectivity index (χ4v) is 1.89. The molecule has 0 unspecified atom stereocenters. The molecule has 0 saturated heterocycles. The molecule has 4 nitrogen and oxygen atoms in total. The summed E-state index contributed by atoms with van der Waals surface area (Å²) >= 11 is 3.31. The fourth-order valence-electron chi connectivity index (χ4n) is 1.56. The summed E-state index contributed by atoms with van der Waals surface area (Å²) in [5.74, 6) is 0.365. The SMILES string of the molecule is Cc1cc(O)ccc1C(=O)Nc1cc(Br)ccn1. The van der Waals surface area contributed by atoms with Gasteiger partial charge in [0.2, 0.25) is 0 Å². The second-order valence-corrected chi connectivity index (χ2v) is 4.73. The summed E-state index contributed by atoms with van der Waals surface area (Å²) in [6, 6.07) is 8.10. The number of aromatic nitrogens is 1. The van der Waals surface area contributed by atoms with Gasteiger partial charge in [0, 0.05) is 16.2 Å². The normalized spacial score (nSPS) is 10.1. The quantitative estimate of drug-likeness (QED) is 0.896. The standard InChI is InChI=1S/C13H11BrN2O2/c1-8-6-10(17)2-3-11(8)13(18)16-12-7-9(14)4-5-15-12/h2-7,17H,1H3,(H,15,16,18). The first-order valence-corrected chi connectivity index (χ1v) is 6.08. The van der Waals surface area contributed by atoms with Crippen LogP contribution in [0, 0.1) is 6.92 Å². The zero-order valence-electron chi connectivity index (χ0n) is 9.64. The number of aryl methyl sites for hydroxylation is 1. The summed E-state index contributed by atoms with van der Waals surface area (Å²) in [7, 11) is 0. The van der Waals surface area contributed by atoms with Crippen LogP contribution in [0.1, 0.15) is 15.9 Å². The number of nitrogens with zero attached hydrogens (tertiary/aromatic N) is 1. The van der Waals surface area contributed by atoms with Crippen LogP contribution in [0.15, 0.2) is 41.0 Å². The molecule has 0 atom stereocenters. The zero-order chi connectivity index (χ0) is 13.1. The second-order valence-electron chi connectivity index (χ2n) is 3.81. The maximum atomic E-state index is 12.0. The molecule has 2 N–H and O–H groups in total. The number of hydrogen-bond donors (Lipinski definition) is 2. The summed E-state index contributed by atoms with van der Waals surface area (Å²) in [4.78, 5) is 16.1. The Balaban J connectivity index is 2.22. The number of phenolic OH excluding ortho intramolecular Hbond substituents is 1. The lowest BCUT2D eigenvalue weighted by molar-refractivity contribution is 0.102. The molecule has 92 valence electrons. The Labute approximate surface area is 113 Å². The highest BCUT2D eigenvalue weighted by Gasteiger charge is 2.10. The van der Waals surface area contributed by atoms with Gasteiger partial charge in [0.25, 0.3) is 5.91 Å². The largest absolute Gasteiger partial charge is 0.508 e. The predicted molar refractivity (Wildman–Crippen MR) is 72.7 cm³/mol. The van der Waals surface area contributed by atoms with Crippen molar-refractivity contribution in [1.82, 2.24) is 4.98 Å². The van der Waals surface area contributed by atoms with Gasteiger partial charge in [0.1, 0.15) is 11.6 Å². The molecule has 5 heteroatoms. The van der Waals surface area contributed by atoms with Crippen molar-refractivity contribution in [1.29, 1.82) is 0 Å². The predicted octanol–water partition coefficient (Wildman–Crippen LogP) is 3.11. The molecule has 1 amide bonds. The van der Waals surface area contributed by atoms with Gasteiger partial charge < -0.3 is 10.4 Å². The molecule has 1 aromatic heterocycles. The summed E-state index contributed by atoms with van der Waals surface area (Å²) in [5, 5.41) is 12.0. The van der Waals surface area contributed by atoms with Crippen molar-refractivity contribution in [3.8, 4) is 5.75 Å². The fraction of sp³-hybridized carbons (Fsp3) is 0.0769. The highest BCUT2D eigenvalue weighted by Crippen LogP contribution is 2.18. The minimum atomic E-state index is -0.252. The number of rotatable bonds is 2. The second kappa shape index (κ2) is 5.18. The summed E-state index contributed by atoms with van der Waals surface area (Å²) in [6.45, 7) is 1.77.